The highest BCUT2D eigenvalue weighted by molar-refractivity contribution is 6.12. The van der Waals surface area contributed by atoms with Gasteiger partial charge in [0.25, 0.3) is 5.91 Å². The number of nitrogens with one attached hydrogen (secondary N) is 1. The third kappa shape index (κ3) is 8.60. The topological polar surface area (TPSA) is 78.8 Å². The second kappa shape index (κ2) is 14.5. The SMILES string of the molecule is CC(C)c1c(C(=O)Nc2ccccc2)c(-c2ccccc2)c(-c2ccc(F)cc2)n1CC[C@H]1C[C@H](CC(=O)OC(C)(C)C)OC(C)(C)O1. The van der Waals surface area contributed by atoms with E-state index in [-0.39, 0.29) is 42.2 Å². The molecule has 2 heterocycles. The smallest absolute Gasteiger partial charge is 0.308 e. The van der Waals surface area contributed by atoms with E-state index in [9.17, 15) is 14.0 Å². The largest absolute Gasteiger partial charge is 0.460 e. The summed E-state index contributed by atoms with van der Waals surface area (Å²) in [6, 6.07) is 25.7. The maximum Gasteiger partial charge on any atom is 0.308 e. The molecule has 0 saturated carbocycles. The van der Waals surface area contributed by atoms with Crippen molar-refractivity contribution in [1.29, 1.82) is 0 Å². The van der Waals surface area contributed by atoms with Gasteiger partial charge in [-0.15, -0.1) is 0 Å². The molecule has 0 unspecified atom stereocenters. The summed E-state index contributed by atoms with van der Waals surface area (Å²) in [6.45, 7) is 13.9. The Hall–Kier alpha value is -4.27. The molecule has 254 valence electrons. The standard InChI is InChI=1S/C40H47FN2O5/c1-26(2)36-35(38(45)42-30-16-12-9-13-17-30)34(27-14-10-8-11-15-27)37(28-18-20-29(41)21-19-28)43(36)23-22-31-24-32(47-40(6,7)46-31)25-33(44)48-39(3,4)5/h8-21,26,31-32H,22-25H2,1-7H3,(H,42,45)/t31-,32+/m0/s1. The number of aromatic nitrogens is 1. The molecule has 1 saturated heterocycles. The first-order valence-corrected chi connectivity index (χ1v) is 16.7. The first-order valence-electron chi connectivity index (χ1n) is 16.7. The molecular weight excluding hydrogens is 607 g/mol. The number of amides is 1. The second-order valence-electron chi connectivity index (χ2n) is 14.2. The quantitative estimate of drug-likeness (QED) is 0.172. The Morgan fingerprint density at radius 1 is 0.917 bits per heavy atom. The van der Waals surface area contributed by atoms with Crippen molar-refractivity contribution in [3.05, 3.63) is 102 Å². The monoisotopic (exact) mass is 654 g/mol. The average Bonchev–Trinajstić information content (AvgIpc) is 3.35. The zero-order valence-corrected chi connectivity index (χ0v) is 29.0. The lowest BCUT2D eigenvalue weighted by Crippen LogP contribution is -2.46. The van der Waals surface area contributed by atoms with Crippen LogP contribution < -0.4 is 5.32 Å². The molecule has 0 radical (unpaired) electrons. The van der Waals surface area contributed by atoms with E-state index in [1.807, 2.05) is 95.3 Å². The Bertz CT molecular complexity index is 1710. The van der Waals surface area contributed by atoms with E-state index in [1.54, 1.807) is 12.1 Å². The first kappa shape index (κ1) is 35.0. The lowest BCUT2D eigenvalue weighted by Gasteiger charge is -2.41. The number of rotatable bonds is 10. The lowest BCUT2D eigenvalue weighted by atomic mass is 9.94. The minimum Gasteiger partial charge on any atom is -0.460 e. The summed E-state index contributed by atoms with van der Waals surface area (Å²) in [5.41, 5.74) is 4.87. The van der Waals surface area contributed by atoms with E-state index in [4.69, 9.17) is 14.2 Å². The molecule has 1 aliphatic rings. The van der Waals surface area contributed by atoms with Crippen LogP contribution >= 0.6 is 0 Å². The number of nitrogens with zero attached hydrogens (tertiary/aromatic N) is 1. The number of hydrogen-bond acceptors (Lipinski definition) is 5. The van der Waals surface area contributed by atoms with Crippen molar-refractivity contribution in [2.45, 2.75) is 104 Å². The Morgan fingerprint density at radius 2 is 1.52 bits per heavy atom. The van der Waals surface area contributed by atoms with Gasteiger partial charge in [0.1, 0.15) is 11.4 Å². The molecular formula is C40H47FN2O5. The van der Waals surface area contributed by atoms with Crippen LogP contribution in [0, 0.1) is 5.82 Å². The van der Waals surface area contributed by atoms with Crippen LogP contribution in [0.15, 0.2) is 84.9 Å². The fraction of sp³-hybridized carbons (Fsp3) is 0.400. The summed E-state index contributed by atoms with van der Waals surface area (Å²) in [5.74, 6) is -1.80. The van der Waals surface area contributed by atoms with Gasteiger partial charge >= 0.3 is 5.97 Å². The van der Waals surface area contributed by atoms with Crippen molar-refractivity contribution >= 4 is 17.6 Å². The highest BCUT2D eigenvalue weighted by atomic mass is 19.1. The van der Waals surface area contributed by atoms with Gasteiger partial charge in [0, 0.05) is 29.9 Å². The number of anilines is 1. The normalized spacial score (nSPS) is 17.7. The summed E-state index contributed by atoms with van der Waals surface area (Å²) < 4.78 is 34.6. The van der Waals surface area contributed by atoms with Gasteiger partial charge in [-0.25, -0.2) is 4.39 Å². The highest BCUT2D eigenvalue weighted by Crippen LogP contribution is 2.43. The van der Waals surface area contributed by atoms with Crippen LogP contribution in [0.1, 0.15) is 89.7 Å². The van der Waals surface area contributed by atoms with Crippen LogP contribution in [-0.2, 0) is 25.5 Å². The molecule has 5 rings (SSSR count). The molecule has 1 fully saturated rings. The molecule has 4 aromatic rings. The predicted octanol–water partition coefficient (Wildman–Crippen LogP) is 9.37. The zero-order chi connectivity index (χ0) is 34.6. The minimum absolute atomic E-state index is 0.0369. The number of carbonyl (C=O) groups is 2. The summed E-state index contributed by atoms with van der Waals surface area (Å²) >= 11 is 0. The van der Waals surface area contributed by atoms with E-state index in [0.29, 0.717) is 30.6 Å². The fourth-order valence-electron chi connectivity index (χ4n) is 6.57. The van der Waals surface area contributed by atoms with Gasteiger partial charge in [0.05, 0.1) is 29.9 Å². The van der Waals surface area contributed by atoms with E-state index in [1.165, 1.54) is 12.1 Å². The number of ether oxygens (including phenoxy) is 3. The predicted molar refractivity (Wildman–Crippen MR) is 187 cm³/mol. The number of hydrogen-bond donors (Lipinski definition) is 1. The number of carbonyl (C=O) groups excluding carboxylic acids is 2. The van der Waals surface area contributed by atoms with E-state index in [2.05, 4.69) is 23.7 Å². The molecule has 0 spiro atoms. The number of para-hydroxylation sites is 1. The van der Waals surface area contributed by atoms with Gasteiger partial charge in [0.15, 0.2) is 5.79 Å². The number of benzene rings is 3. The molecule has 0 bridgehead atoms. The molecule has 3 aromatic carbocycles. The Balaban J connectivity index is 1.59. The molecule has 48 heavy (non-hydrogen) atoms. The van der Waals surface area contributed by atoms with Crippen molar-refractivity contribution in [2.75, 3.05) is 5.32 Å². The fourth-order valence-corrected chi connectivity index (χ4v) is 6.57. The zero-order valence-electron chi connectivity index (χ0n) is 29.0. The Kier molecular flexibility index (Phi) is 10.6. The third-order valence-electron chi connectivity index (χ3n) is 8.21. The van der Waals surface area contributed by atoms with Gasteiger partial charge in [-0.3, -0.25) is 9.59 Å². The molecule has 1 aliphatic heterocycles. The summed E-state index contributed by atoms with van der Waals surface area (Å²) in [5, 5.41) is 3.12. The Morgan fingerprint density at radius 3 is 2.12 bits per heavy atom. The van der Waals surface area contributed by atoms with Gasteiger partial charge in [-0.2, -0.15) is 0 Å². The summed E-state index contributed by atoms with van der Waals surface area (Å²) in [4.78, 5) is 27.1. The van der Waals surface area contributed by atoms with E-state index < -0.39 is 11.4 Å². The molecule has 1 amide bonds. The highest BCUT2D eigenvalue weighted by Gasteiger charge is 2.38. The van der Waals surface area contributed by atoms with Crippen molar-refractivity contribution in [2.24, 2.45) is 0 Å². The Labute approximate surface area is 283 Å². The van der Waals surface area contributed by atoms with E-state index in [0.717, 1.165) is 28.1 Å². The van der Waals surface area contributed by atoms with Crippen molar-refractivity contribution in [3.8, 4) is 22.4 Å². The number of halogens is 1. The van der Waals surface area contributed by atoms with Crippen LogP contribution in [-0.4, -0.2) is 40.0 Å². The maximum atomic E-state index is 14.4. The average molecular weight is 655 g/mol. The van der Waals surface area contributed by atoms with Gasteiger partial charge in [-0.1, -0.05) is 62.4 Å². The molecule has 7 nitrogen and oxygen atoms in total. The van der Waals surface area contributed by atoms with Crippen LogP contribution in [0.2, 0.25) is 0 Å². The summed E-state index contributed by atoms with van der Waals surface area (Å²) in [6.07, 6.45) is 0.635. The van der Waals surface area contributed by atoms with Crippen LogP contribution in [0.25, 0.3) is 22.4 Å². The van der Waals surface area contributed by atoms with Crippen LogP contribution in [0.4, 0.5) is 10.1 Å². The van der Waals surface area contributed by atoms with Crippen molar-refractivity contribution in [3.63, 3.8) is 0 Å². The maximum absolute atomic E-state index is 14.4. The molecule has 0 aliphatic carbocycles. The van der Waals surface area contributed by atoms with Crippen LogP contribution in [0.3, 0.4) is 0 Å². The van der Waals surface area contributed by atoms with E-state index >= 15 is 0 Å². The molecule has 1 N–H and O–H groups in total. The summed E-state index contributed by atoms with van der Waals surface area (Å²) in [7, 11) is 0. The van der Waals surface area contributed by atoms with Crippen LogP contribution in [0.5, 0.6) is 0 Å². The first-order chi connectivity index (χ1) is 22.7. The molecule has 2 atom stereocenters. The second-order valence-corrected chi connectivity index (χ2v) is 14.2. The van der Waals surface area contributed by atoms with Crippen molar-refractivity contribution in [1.82, 2.24) is 4.57 Å². The van der Waals surface area contributed by atoms with Crippen molar-refractivity contribution < 1.29 is 28.2 Å². The number of esters is 1. The minimum atomic E-state index is -0.900. The third-order valence-corrected chi connectivity index (χ3v) is 8.21. The lowest BCUT2D eigenvalue weighted by molar-refractivity contribution is -0.301. The van der Waals surface area contributed by atoms with Gasteiger partial charge in [-0.05, 0) is 94.5 Å². The molecule has 1 aromatic heterocycles. The van der Waals surface area contributed by atoms with Gasteiger partial charge < -0.3 is 24.1 Å². The van der Waals surface area contributed by atoms with Gasteiger partial charge in [0.2, 0.25) is 0 Å². The molecule has 8 heteroatoms.